The Morgan fingerprint density at radius 3 is 2.42 bits per heavy atom. The smallest absolute Gasteiger partial charge is 0.338 e. The van der Waals surface area contributed by atoms with Gasteiger partial charge < -0.3 is 10.1 Å². The van der Waals surface area contributed by atoms with Crippen LogP contribution in [0.5, 0.6) is 0 Å². The van der Waals surface area contributed by atoms with E-state index in [0.29, 0.717) is 5.56 Å². The van der Waals surface area contributed by atoms with Crippen molar-refractivity contribution in [1.29, 1.82) is 0 Å². The molecular weight excluding hydrogens is 417 g/mol. The second kappa shape index (κ2) is 9.42. The Hall–Kier alpha value is -1.89. The number of rotatable bonds is 7. The lowest BCUT2D eigenvalue weighted by Gasteiger charge is -2.14. The molecule has 0 unspecified atom stereocenters. The predicted octanol–water partition coefficient (Wildman–Crippen LogP) is 3.59. The molecule has 0 aliphatic heterocycles. The minimum atomic E-state index is -0.488. The number of hydrogen-bond acceptors (Lipinski definition) is 3. The molecule has 2 aromatic rings. The monoisotopic (exact) mass is 437 g/mol. The zero-order valence-corrected chi connectivity index (χ0v) is 15.7. The topological polar surface area (TPSA) is 55.4 Å². The Morgan fingerprint density at radius 1 is 1.08 bits per heavy atom. The van der Waals surface area contributed by atoms with Crippen molar-refractivity contribution in [2.75, 3.05) is 6.61 Å². The molecule has 2 aromatic carbocycles. The highest BCUT2D eigenvalue weighted by Gasteiger charge is 2.12. The quantitative estimate of drug-likeness (QED) is 0.532. The van der Waals surface area contributed by atoms with Gasteiger partial charge >= 0.3 is 5.97 Å². The van der Waals surface area contributed by atoms with E-state index in [1.807, 2.05) is 37.3 Å². The van der Waals surface area contributed by atoms with Crippen LogP contribution in [-0.4, -0.2) is 24.5 Å². The summed E-state index contributed by atoms with van der Waals surface area (Å²) in [5, 5.41) is 2.85. The maximum absolute atomic E-state index is 11.9. The van der Waals surface area contributed by atoms with Gasteiger partial charge in [0.15, 0.2) is 6.61 Å². The van der Waals surface area contributed by atoms with Crippen molar-refractivity contribution < 1.29 is 14.3 Å². The number of hydrogen-bond donors (Lipinski definition) is 1. The first-order valence-electron chi connectivity index (χ1n) is 7.80. The Labute approximate surface area is 155 Å². The van der Waals surface area contributed by atoms with Crippen LogP contribution in [-0.2, 0) is 16.0 Å². The highest BCUT2D eigenvalue weighted by molar-refractivity contribution is 14.1. The maximum atomic E-state index is 11.9. The molecule has 0 saturated carbocycles. The third-order valence-corrected chi connectivity index (χ3v) is 4.25. The summed E-state index contributed by atoms with van der Waals surface area (Å²) < 4.78 is 6.08. The first-order chi connectivity index (χ1) is 11.5. The Kier molecular flexibility index (Phi) is 7.24. The normalized spacial score (nSPS) is 11.6. The van der Waals surface area contributed by atoms with Crippen LogP contribution in [0, 0.1) is 3.57 Å². The van der Waals surface area contributed by atoms with Gasteiger partial charge in [0.25, 0.3) is 5.91 Å². The molecule has 0 aliphatic carbocycles. The number of aryl methyl sites for hydroxylation is 1. The number of amides is 1. The van der Waals surface area contributed by atoms with Crippen LogP contribution in [0.15, 0.2) is 54.6 Å². The molecule has 0 heterocycles. The molecule has 5 heteroatoms. The summed E-state index contributed by atoms with van der Waals surface area (Å²) in [7, 11) is 0. The first-order valence-corrected chi connectivity index (χ1v) is 8.88. The second-order valence-corrected chi connectivity index (χ2v) is 6.82. The number of carbonyl (C=O) groups is 2. The molecule has 0 aliphatic rings. The third kappa shape index (κ3) is 6.31. The van der Waals surface area contributed by atoms with Crippen LogP contribution in [0.2, 0.25) is 0 Å². The van der Waals surface area contributed by atoms with Crippen LogP contribution in [0.4, 0.5) is 0 Å². The van der Waals surface area contributed by atoms with Gasteiger partial charge in [-0.2, -0.15) is 0 Å². The second-order valence-electron chi connectivity index (χ2n) is 5.58. The van der Waals surface area contributed by atoms with Crippen molar-refractivity contribution in [2.24, 2.45) is 0 Å². The van der Waals surface area contributed by atoms with E-state index in [-0.39, 0.29) is 18.6 Å². The number of esters is 1. The molecule has 1 atom stereocenters. The molecule has 0 spiro atoms. The largest absolute Gasteiger partial charge is 0.452 e. The number of halogens is 1. The molecule has 0 fully saturated rings. The van der Waals surface area contributed by atoms with Gasteiger partial charge in [0.05, 0.1) is 5.56 Å². The molecule has 0 bridgehead atoms. The molecule has 1 N–H and O–H groups in total. The zero-order chi connectivity index (χ0) is 17.4. The Balaban J connectivity index is 1.70. The lowest BCUT2D eigenvalue weighted by Crippen LogP contribution is -2.36. The van der Waals surface area contributed by atoms with E-state index in [4.69, 9.17) is 4.74 Å². The van der Waals surface area contributed by atoms with Gasteiger partial charge in [-0.3, -0.25) is 4.79 Å². The van der Waals surface area contributed by atoms with Crippen molar-refractivity contribution in [3.8, 4) is 0 Å². The highest BCUT2D eigenvalue weighted by atomic mass is 127. The Morgan fingerprint density at radius 2 is 1.75 bits per heavy atom. The van der Waals surface area contributed by atoms with E-state index < -0.39 is 5.97 Å². The summed E-state index contributed by atoms with van der Waals surface area (Å²) in [6.07, 6.45) is 1.73. The van der Waals surface area contributed by atoms with E-state index in [1.54, 1.807) is 12.1 Å². The summed E-state index contributed by atoms with van der Waals surface area (Å²) in [6.45, 7) is 1.68. The van der Waals surface area contributed by atoms with Gasteiger partial charge in [0.2, 0.25) is 0 Å². The lowest BCUT2D eigenvalue weighted by atomic mass is 10.1. The summed E-state index contributed by atoms with van der Waals surface area (Å²) in [5.74, 6) is -0.770. The van der Waals surface area contributed by atoms with Gasteiger partial charge in [-0.05, 0) is 72.2 Å². The molecule has 24 heavy (non-hydrogen) atoms. The van der Waals surface area contributed by atoms with Crippen LogP contribution < -0.4 is 5.32 Å². The minimum Gasteiger partial charge on any atom is -0.452 e. The van der Waals surface area contributed by atoms with Gasteiger partial charge in [0.1, 0.15) is 0 Å². The molecule has 1 amide bonds. The molecule has 0 aromatic heterocycles. The van der Waals surface area contributed by atoms with Crippen molar-refractivity contribution in [1.82, 2.24) is 5.32 Å². The van der Waals surface area contributed by atoms with Crippen LogP contribution in [0.25, 0.3) is 0 Å². The van der Waals surface area contributed by atoms with Gasteiger partial charge in [-0.25, -0.2) is 4.79 Å². The first kappa shape index (κ1) is 18.4. The zero-order valence-electron chi connectivity index (χ0n) is 13.5. The molecule has 0 saturated heterocycles. The van der Waals surface area contributed by atoms with Crippen molar-refractivity contribution >= 4 is 34.5 Å². The number of ether oxygens (including phenoxy) is 1. The summed E-state index contributed by atoms with van der Waals surface area (Å²) in [6, 6.07) is 17.2. The summed E-state index contributed by atoms with van der Waals surface area (Å²) in [4.78, 5) is 23.7. The molecule has 2 rings (SSSR count). The van der Waals surface area contributed by atoms with Gasteiger partial charge in [-0.1, -0.05) is 30.3 Å². The van der Waals surface area contributed by atoms with E-state index in [9.17, 15) is 9.59 Å². The van der Waals surface area contributed by atoms with Crippen LogP contribution in [0.1, 0.15) is 29.3 Å². The van der Waals surface area contributed by atoms with Crippen molar-refractivity contribution in [3.05, 3.63) is 69.3 Å². The number of carbonyl (C=O) groups excluding carboxylic acids is 2. The van der Waals surface area contributed by atoms with E-state index in [2.05, 4.69) is 40.0 Å². The average molecular weight is 437 g/mol. The van der Waals surface area contributed by atoms with E-state index in [1.165, 1.54) is 5.56 Å². The standard InChI is InChI=1S/C19H20INO3/c1-14(7-8-15-5-3-2-4-6-15)21-18(22)13-24-19(23)16-9-11-17(20)12-10-16/h2-6,9-12,14H,7-8,13H2,1H3,(H,21,22)/t14-/m0/s1. The molecule has 4 nitrogen and oxygen atoms in total. The molecular formula is C19H20INO3. The maximum Gasteiger partial charge on any atom is 0.338 e. The predicted molar refractivity (Wildman–Crippen MR) is 102 cm³/mol. The summed E-state index contributed by atoms with van der Waals surface area (Å²) >= 11 is 2.16. The lowest BCUT2D eigenvalue weighted by molar-refractivity contribution is -0.124. The highest BCUT2D eigenvalue weighted by Crippen LogP contribution is 2.08. The SMILES string of the molecule is C[C@@H](CCc1ccccc1)NC(=O)COC(=O)c1ccc(I)cc1. The minimum absolute atomic E-state index is 0.0229. The number of nitrogens with one attached hydrogen (secondary N) is 1. The van der Waals surface area contributed by atoms with E-state index in [0.717, 1.165) is 16.4 Å². The average Bonchev–Trinajstić information content (AvgIpc) is 2.59. The third-order valence-electron chi connectivity index (χ3n) is 3.53. The summed E-state index contributed by atoms with van der Waals surface area (Å²) in [5.41, 5.74) is 1.68. The van der Waals surface area contributed by atoms with Crippen molar-refractivity contribution in [3.63, 3.8) is 0 Å². The number of benzene rings is 2. The fraction of sp³-hybridized carbons (Fsp3) is 0.263. The fourth-order valence-corrected chi connectivity index (χ4v) is 2.58. The van der Waals surface area contributed by atoms with Gasteiger partial charge in [-0.15, -0.1) is 0 Å². The molecule has 126 valence electrons. The molecule has 0 radical (unpaired) electrons. The van der Waals surface area contributed by atoms with Crippen molar-refractivity contribution in [2.45, 2.75) is 25.8 Å². The van der Waals surface area contributed by atoms with Crippen LogP contribution >= 0.6 is 22.6 Å². The fourth-order valence-electron chi connectivity index (χ4n) is 2.22. The Bertz CT molecular complexity index is 671. The van der Waals surface area contributed by atoms with E-state index >= 15 is 0 Å². The van der Waals surface area contributed by atoms with Gasteiger partial charge in [0, 0.05) is 9.61 Å². The van der Waals surface area contributed by atoms with Crippen LogP contribution in [0.3, 0.4) is 0 Å².